The van der Waals surface area contributed by atoms with Crippen LogP contribution in [0.4, 0.5) is 4.79 Å². The Balaban J connectivity index is 1.52. The monoisotopic (exact) mass is 605 g/mol. The number of benzene rings is 2. The smallest absolute Gasteiger partial charge is 0.408 e. The van der Waals surface area contributed by atoms with Gasteiger partial charge in [-0.3, -0.25) is 9.59 Å². The molecular formula is C34H43N3O7. The summed E-state index contributed by atoms with van der Waals surface area (Å²) in [4.78, 5) is 53.3. The second-order valence-electron chi connectivity index (χ2n) is 10.8. The zero-order chi connectivity index (χ0) is 31.7. The molecule has 10 heteroatoms. The van der Waals surface area contributed by atoms with Crippen molar-refractivity contribution in [3.05, 3.63) is 97.1 Å². The Labute approximate surface area is 259 Å². The summed E-state index contributed by atoms with van der Waals surface area (Å²) in [5, 5.41) is 15.2. The first-order chi connectivity index (χ1) is 21.3. The van der Waals surface area contributed by atoms with E-state index in [0.717, 1.165) is 17.5 Å². The molecule has 3 amide bonds. The lowest BCUT2D eigenvalue weighted by Crippen LogP contribution is -2.46. The van der Waals surface area contributed by atoms with E-state index < -0.39 is 30.1 Å². The Kier molecular flexibility index (Phi) is 14.1. The van der Waals surface area contributed by atoms with Crippen LogP contribution in [0.2, 0.25) is 0 Å². The first-order valence-electron chi connectivity index (χ1n) is 14.9. The number of aliphatic hydroxyl groups excluding tert-OH is 1. The molecule has 2 aromatic rings. The van der Waals surface area contributed by atoms with Crippen LogP contribution in [0.3, 0.4) is 0 Å². The highest BCUT2D eigenvalue weighted by Crippen LogP contribution is 2.24. The van der Waals surface area contributed by atoms with E-state index in [-0.39, 0.29) is 50.5 Å². The molecule has 236 valence electrons. The molecule has 0 radical (unpaired) electrons. The molecule has 0 spiro atoms. The highest BCUT2D eigenvalue weighted by atomic mass is 16.6. The minimum absolute atomic E-state index is 0.0460. The number of amides is 3. The fraction of sp³-hybridized carbons (Fsp3) is 0.412. The molecule has 44 heavy (non-hydrogen) atoms. The Morgan fingerprint density at radius 3 is 2.23 bits per heavy atom. The number of alkyl carbamates (subject to hydrolysis) is 1. The van der Waals surface area contributed by atoms with Crippen LogP contribution in [-0.2, 0) is 36.9 Å². The molecule has 0 aliphatic carbocycles. The number of nitrogens with one attached hydrogen (secondary N) is 2. The van der Waals surface area contributed by atoms with Gasteiger partial charge in [-0.1, -0.05) is 72.8 Å². The van der Waals surface area contributed by atoms with E-state index >= 15 is 0 Å². The number of rotatable bonds is 17. The number of likely N-dealkylation sites (tertiary alicyclic amines) is 1. The van der Waals surface area contributed by atoms with E-state index in [9.17, 15) is 24.3 Å². The number of nitrogens with zero attached hydrogens (tertiary/aromatic N) is 1. The maximum Gasteiger partial charge on any atom is 0.408 e. The van der Waals surface area contributed by atoms with Gasteiger partial charge in [-0.15, -0.1) is 13.2 Å². The third-order valence-corrected chi connectivity index (χ3v) is 7.41. The van der Waals surface area contributed by atoms with E-state index in [4.69, 9.17) is 9.47 Å². The molecule has 4 atom stereocenters. The normalized spacial score (nSPS) is 16.2. The van der Waals surface area contributed by atoms with Gasteiger partial charge in [0.05, 0.1) is 24.6 Å². The van der Waals surface area contributed by atoms with Gasteiger partial charge in [0.1, 0.15) is 19.3 Å². The van der Waals surface area contributed by atoms with Crippen molar-refractivity contribution in [3.63, 3.8) is 0 Å². The summed E-state index contributed by atoms with van der Waals surface area (Å²) in [7, 11) is 0. The second kappa shape index (κ2) is 18.3. The fourth-order valence-electron chi connectivity index (χ4n) is 5.14. The first-order valence-corrected chi connectivity index (χ1v) is 14.9. The minimum Gasteiger partial charge on any atom is -0.462 e. The van der Waals surface area contributed by atoms with Crippen molar-refractivity contribution in [1.82, 2.24) is 15.5 Å². The van der Waals surface area contributed by atoms with Crippen molar-refractivity contribution in [2.75, 3.05) is 19.8 Å². The van der Waals surface area contributed by atoms with Gasteiger partial charge in [0.2, 0.25) is 11.8 Å². The Hall–Kier alpha value is -4.44. The van der Waals surface area contributed by atoms with Crippen molar-refractivity contribution in [3.8, 4) is 0 Å². The van der Waals surface area contributed by atoms with Gasteiger partial charge in [-0.05, 0) is 43.2 Å². The molecule has 1 aliphatic heterocycles. The standard InChI is InChI=1S/C34H43N3O7/c1-3-12-27(21-31(39)35-28(22-38)20-25-14-7-5-8-15-25)32(40)37-19-11-18-29(37)24-43-33(41)30(13-4-2)36-34(42)44-23-26-16-9-6-10-17-26/h3-10,14-17,27-30,38H,1-2,11-13,18-24H2,(H,35,39)(H,36,42). The van der Waals surface area contributed by atoms with Gasteiger partial charge in [0, 0.05) is 13.0 Å². The lowest BCUT2D eigenvalue weighted by Gasteiger charge is -2.29. The number of hydrogen-bond donors (Lipinski definition) is 3. The van der Waals surface area contributed by atoms with Crippen LogP contribution in [0.25, 0.3) is 0 Å². The van der Waals surface area contributed by atoms with Crippen LogP contribution in [0.15, 0.2) is 86.0 Å². The van der Waals surface area contributed by atoms with Crippen LogP contribution in [0.1, 0.15) is 43.2 Å². The number of hydrogen-bond acceptors (Lipinski definition) is 7. The molecule has 1 heterocycles. The summed E-state index contributed by atoms with van der Waals surface area (Å²) < 4.78 is 10.8. The fourth-order valence-corrected chi connectivity index (χ4v) is 5.14. The minimum atomic E-state index is -0.992. The van der Waals surface area contributed by atoms with Gasteiger partial charge in [0.25, 0.3) is 0 Å². The Morgan fingerprint density at radius 1 is 0.932 bits per heavy atom. The van der Waals surface area contributed by atoms with E-state index in [2.05, 4.69) is 23.8 Å². The predicted molar refractivity (Wildman–Crippen MR) is 166 cm³/mol. The largest absolute Gasteiger partial charge is 0.462 e. The molecule has 2 aromatic carbocycles. The highest BCUT2D eigenvalue weighted by molar-refractivity contribution is 5.86. The summed E-state index contributed by atoms with van der Waals surface area (Å²) in [6.07, 6.45) is 4.56. The molecule has 4 unspecified atom stereocenters. The zero-order valence-electron chi connectivity index (χ0n) is 25.1. The molecule has 0 bridgehead atoms. The van der Waals surface area contributed by atoms with Crippen molar-refractivity contribution in [1.29, 1.82) is 0 Å². The van der Waals surface area contributed by atoms with Crippen molar-refractivity contribution >= 4 is 23.9 Å². The molecule has 1 saturated heterocycles. The Bertz CT molecular complexity index is 1240. The van der Waals surface area contributed by atoms with E-state index in [1.165, 1.54) is 6.08 Å². The quantitative estimate of drug-likeness (QED) is 0.185. The molecule has 0 aromatic heterocycles. The molecular weight excluding hydrogens is 562 g/mol. The number of esters is 1. The van der Waals surface area contributed by atoms with Gasteiger partial charge < -0.3 is 30.1 Å². The predicted octanol–water partition coefficient (Wildman–Crippen LogP) is 3.69. The summed E-state index contributed by atoms with van der Waals surface area (Å²) in [5.41, 5.74) is 1.79. The third-order valence-electron chi connectivity index (χ3n) is 7.41. The van der Waals surface area contributed by atoms with Crippen LogP contribution >= 0.6 is 0 Å². The number of carbonyl (C=O) groups excluding carboxylic acids is 4. The summed E-state index contributed by atoms with van der Waals surface area (Å²) in [6.45, 7) is 7.66. The van der Waals surface area contributed by atoms with E-state index in [0.29, 0.717) is 25.8 Å². The lowest BCUT2D eigenvalue weighted by molar-refractivity contribution is -0.150. The SMILES string of the molecule is C=CCC(CC(=O)NC(CO)Cc1ccccc1)C(=O)N1CCCC1COC(=O)C(CC=C)NC(=O)OCc1ccccc1. The van der Waals surface area contributed by atoms with Crippen molar-refractivity contribution in [2.45, 2.75) is 63.3 Å². The topological polar surface area (TPSA) is 134 Å². The van der Waals surface area contributed by atoms with Crippen LogP contribution in [0.5, 0.6) is 0 Å². The van der Waals surface area contributed by atoms with Crippen LogP contribution < -0.4 is 10.6 Å². The second-order valence-corrected chi connectivity index (χ2v) is 10.8. The van der Waals surface area contributed by atoms with Crippen LogP contribution in [0, 0.1) is 5.92 Å². The first kappa shape index (κ1) is 34.1. The number of ether oxygens (including phenoxy) is 2. The van der Waals surface area contributed by atoms with Crippen molar-refractivity contribution < 1.29 is 33.8 Å². The molecule has 0 saturated carbocycles. The summed E-state index contributed by atoms with van der Waals surface area (Å²) >= 11 is 0. The molecule has 10 nitrogen and oxygen atoms in total. The maximum absolute atomic E-state index is 13.6. The summed E-state index contributed by atoms with van der Waals surface area (Å²) in [5.74, 6) is -1.85. The van der Waals surface area contributed by atoms with Crippen LogP contribution in [-0.4, -0.2) is 71.8 Å². The lowest BCUT2D eigenvalue weighted by atomic mass is 9.98. The van der Waals surface area contributed by atoms with Gasteiger partial charge >= 0.3 is 12.1 Å². The van der Waals surface area contributed by atoms with Gasteiger partial charge in [-0.25, -0.2) is 9.59 Å². The highest BCUT2D eigenvalue weighted by Gasteiger charge is 2.35. The Morgan fingerprint density at radius 2 is 1.59 bits per heavy atom. The molecule has 1 aliphatic rings. The maximum atomic E-state index is 13.6. The number of aliphatic hydroxyl groups is 1. The van der Waals surface area contributed by atoms with E-state index in [1.807, 2.05) is 60.7 Å². The molecule has 3 N–H and O–H groups in total. The number of carbonyl (C=O) groups is 4. The van der Waals surface area contributed by atoms with Gasteiger partial charge in [-0.2, -0.15) is 0 Å². The third kappa shape index (κ3) is 11.0. The number of allylic oxidation sites excluding steroid dienone is 1. The van der Waals surface area contributed by atoms with E-state index in [1.54, 1.807) is 11.0 Å². The molecule has 1 fully saturated rings. The van der Waals surface area contributed by atoms with Gasteiger partial charge in [0.15, 0.2) is 0 Å². The average molecular weight is 606 g/mol. The van der Waals surface area contributed by atoms with Crippen molar-refractivity contribution in [2.24, 2.45) is 5.92 Å². The zero-order valence-corrected chi connectivity index (χ0v) is 25.1. The molecule has 3 rings (SSSR count). The average Bonchev–Trinajstić information content (AvgIpc) is 3.51. The summed E-state index contributed by atoms with van der Waals surface area (Å²) in [6, 6.07) is 16.9.